The SMILES string of the molecule is COc1ccccc1-c1csc(-c2c(C)nc3sccn23)n1. The predicted octanol–water partition coefficient (Wildman–Crippen LogP) is 4.50. The summed E-state index contributed by atoms with van der Waals surface area (Å²) in [4.78, 5) is 10.4. The van der Waals surface area contributed by atoms with Crippen molar-refractivity contribution in [1.82, 2.24) is 14.4 Å². The van der Waals surface area contributed by atoms with Gasteiger partial charge in [-0.25, -0.2) is 9.97 Å². The number of para-hydroxylation sites is 1. The lowest BCUT2D eigenvalue weighted by molar-refractivity contribution is 0.416. The monoisotopic (exact) mass is 327 g/mol. The van der Waals surface area contributed by atoms with Crippen LogP contribution in [0, 0.1) is 6.92 Å². The molecule has 0 aliphatic carbocycles. The van der Waals surface area contributed by atoms with Crippen LogP contribution in [0.4, 0.5) is 0 Å². The van der Waals surface area contributed by atoms with E-state index in [0.29, 0.717) is 0 Å². The van der Waals surface area contributed by atoms with Gasteiger partial charge < -0.3 is 4.74 Å². The number of aryl methyl sites for hydroxylation is 1. The van der Waals surface area contributed by atoms with E-state index in [1.807, 2.05) is 42.8 Å². The zero-order valence-corrected chi connectivity index (χ0v) is 13.7. The van der Waals surface area contributed by atoms with Gasteiger partial charge in [-0.05, 0) is 19.1 Å². The van der Waals surface area contributed by atoms with Crippen molar-refractivity contribution in [3.63, 3.8) is 0 Å². The maximum Gasteiger partial charge on any atom is 0.194 e. The van der Waals surface area contributed by atoms with Crippen LogP contribution in [-0.2, 0) is 0 Å². The maximum atomic E-state index is 5.43. The molecule has 4 rings (SSSR count). The molecule has 0 bridgehead atoms. The van der Waals surface area contributed by atoms with Crippen LogP contribution >= 0.6 is 22.7 Å². The first kappa shape index (κ1) is 13.5. The summed E-state index contributed by atoms with van der Waals surface area (Å²) in [5.74, 6) is 0.838. The molecule has 0 amide bonds. The smallest absolute Gasteiger partial charge is 0.194 e. The summed E-state index contributed by atoms with van der Waals surface area (Å²) >= 11 is 3.27. The third-order valence-electron chi connectivity index (χ3n) is 3.53. The van der Waals surface area contributed by atoms with E-state index in [0.717, 1.165) is 38.4 Å². The van der Waals surface area contributed by atoms with Gasteiger partial charge in [-0.1, -0.05) is 12.1 Å². The Morgan fingerprint density at radius 1 is 1.14 bits per heavy atom. The van der Waals surface area contributed by atoms with Crippen LogP contribution in [0.3, 0.4) is 0 Å². The molecule has 0 radical (unpaired) electrons. The summed E-state index contributed by atoms with van der Waals surface area (Å²) < 4.78 is 7.53. The molecule has 0 saturated heterocycles. The highest BCUT2D eigenvalue weighted by molar-refractivity contribution is 7.15. The normalized spacial score (nSPS) is 11.2. The molecule has 4 nitrogen and oxygen atoms in total. The number of thiazole rings is 2. The molecule has 0 unspecified atom stereocenters. The largest absolute Gasteiger partial charge is 0.496 e. The van der Waals surface area contributed by atoms with E-state index in [9.17, 15) is 0 Å². The van der Waals surface area contributed by atoms with Crippen molar-refractivity contribution in [2.75, 3.05) is 7.11 Å². The van der Waals surface area contributed by atoms with Gasteiger partial charge in [-0.3, -0.25) is 4.40 Å². The zero-order valence-electron chi connectivity index (χ0n) is 12.1. The van der Waals surface area contributed by atoms with Gasteiger partial charge in [-0.15, -0.1) is 22.7 Å². The van der Waals surface area contributed by atoms with Gasteiger partial charge in [-0.2, -0.15) is 0 Å². The van der Waals surface area contributed by atoms with E-state index >= 15 is 0 Å². The molecule has 0 spiro atoms. The summed E-state index contributed by atoms with van der Waals surface area (Å²) in [6, 6.07) is 7.94. The second-order valence-corrected chi connectivity index (χ2v) is 6.57. The number of hydrogen-bond donors (Lipinski definition) is 0. The predicted molar refractivity (Wildman–Crippen MR) is 90.9 cm³/mol. The molecule has 0 aliphatic rings. The van der Waals surface area contributed by atoms with E-state index in [2.05, 4.69) is 14.8 Å². The first-order chi connectivity index (χ1) is 10.8. The lowest BCUT2D eigenvalue weighted by atomic mass is 10.1. The average molecular weight is 327 g/mol. The highest BCUT2D eigenvalue weighted by atomic mass is 32.1. The number of ether oxygens (including phenoxy) is 1. The molecular formula is C16H13N3OS2. The molecule has 0 fully saturated rings. The Hall–Kier alpha value is -2.18. The maximum absolute atomic E-state index is 5.43. The van der Waals surface area contributed by atoms with Crippen molar-refractivity contribution >= 4 is 27.6 Å². The number of aromatic nitrogens is 3. The van der Waals surface area contributed by atoms with Crippen LogP contribution in [0.1, 0.15) is 5.69 Å². The van der Waals surface area contributed by atoms with Crippen molar-refractivity contribution in [3.8, 4) is 27.7 Å². The lowest BCUT2D eigenvalue weighted by Gasteiger charge is -2.04. The van der Waals surface area contributed by atoms with Crippen molar-refractivity contribution < 1.29 is 4.74 Å². The van der Waals surface area contributed by atoms with Gasteiger partial charge in [0.1, 0.15) is 16.5 Å². The summed E-state index contributed by atoms with van der Waals surface area (Å²) in [7, 11) is 1.68. The molecule has 22 heavy (non-hydrogen) atoms. The molecule has 0 atom stereocenters. The summed E-state index contributed by atoms with van der Waals surface area (Å²) in [5.41, 5.74) is 4.02. The van der Waals surface area contributed by atoms with Crippen LogP contribution in [0.2, 0.25) is 0 Å². The van der Waals surface area contributed by atoms with E-state index in [4.69, 9.17) is 9.72 Å². The quantitative estimate of drug-likeness (QED) is 0.556. The molecule has 1 aromatic carbocycles. The Kier molecular flexibility index (Phi) is 3.20. The van der Waals surface area contributed by atoms with E-state index in [1.54, 1.807) is 29.8 Å². The van der Waals surface area contributed by atoms with Crippen LogP contribution in [0.15, 0.2) is 41.2 Å². The Morgan fingerprint density at radius 3 is 2.86 bits per heavy atom. The molecule has 0 aliphatic heterocycles. The van der Waals surface area contributed by atoms with Gasteiger partial charge in [0.05, 0.1) is 18.5 Å². The van der Waals surface area contributed by atoms with Crippen molar-refractivity contribution in [3.05, 3.63) is 46.9 Å². The van der Waals surface area contributed by atoms with Crippen molar-refractivity contribution in [2.24, 2.45) is 0 Å². The van der Waals surface area contributed by atoms with Crippen molar-refractivity contribution in [2.45, 2.75) is 6.92 Å². The van der Waals surface area contributed by atoms with Crippen molar-refractivity contribution in [1.29, 1.82) is 0 Å². The highest BCUT2D eigenvalue weighted by Gasteiger charge is 2.16. The molecule has 0 saturated carbocycles. The van der Waals surface area contributed by atoms with E-state index in [-0.39, 0.29) is 0 Å². The Bertz CT molecular complexity index is 951. The number of fused-ring (bicyclic) bond motifs is 1. The summed E-state index contributed by atoms with van der Waals surface area (Å²) in [6.07, 6.45) is 2.04. The minimum atomic E-state index is 0.838. The fourth-order valence-corrected chi connectivity index (χ4v) is 4.19. The second kappa shape index (κ2) is 5.23. The highest BCUT2D eigenvalue weighted by Crippen LogP contribution is 2.35. The van der Waals surface area contributed by atoms with E-state index in [1.165, 1.54) is 0 Å². The average Bonchev–Trinajstić information content (AvgIpc) is 3.22. The minimum Gasteiger partial charge on any atom is -0.496 e. The number of rotatable bonds is 3. The molecule has 6 heteroatoms. The van der Waals surface area contributed by atoms with Crippen LogP contribution in [-0.4, -0.2) is 21.5 Å². The van der Waals surface area contributed by atoms with E-state index < -0.39 is 0 Å². The summed E-state index contributed by atoms with van der Waals surface area (Å²) in [6.45, 7) is 2.03. The Balaban J connectivity index is 1.85. The number of hydrogen-bond acceptors (Lipinski definition) is 5. The zero-order chi connectivity index (χ0) is 15.1. The third kappa shape index (κ3) is 2.03. The fraction of sp³-hybridized carbons (Fsp3) is 0.125. The Morgan fingerprint density at radius 2 is 2.00 bits per heavy atom. The van der Waals surface area contributed by atoms with Crippen LogP contribution in [0.5, 0.6) is 5.75 Å². The van der Waals surface area contributed by atoms with Crippen LogP contribution in [0.25, 0.3) is 26.9 Å². The number of benzene rings is 1. The topological polar surface area (TPSA) is 39.4 Å². The standard InChI is InChI=1S/C16H13N3OS2/c1-10-14(19-7-8-21-16(19)17-10)15-18-12(9-22-15)11-5-3-4-6-13(11)20-2/h3-9H,1-2H3. The molecule has 110 valence electrons. The number of methoxy groups -OCH3 is 1. The van der Waals surface area contributed by atoms with Crippen LogP contribution < -0.4 is 4.74 Å². The number of nitrogens with zero attached hydrogens (tertiary/aromatic N) is 3. The second-order valence-electron chi connectivity index (χ2n) is 4.84. The first-order valence-electron chi connectivity index (χ1n) is 6.79. The fourth-order valence-electron chi connectivity index (χ4n) is 2.51. The van der Waals surface area contributed by atoms with Gasteiger partial charge >= 0.3 is 0 Å². The first-order valence-corrected chi connectivity index (χ1v) is 8.55. The minimum absolute atomic E-state index is 0.838. The Labute approximate surface area is 135 Å². The molecule has 4 aromatic rings. The molecule has 0 N–H and O–H groups in total. The molecule has 3 heterocycles. The summed E-state index contributed by atoms with van der Waals surface area (Å²) in [5, 5.41) is 5.09. The lowest BCUT2D eigenvalue weighted by Crippen LogP contribution is -1.89. The molecular weight excluding hydrogens is 314 g/mol. The third-order valence-corrected chi connectivity index (χ3v) is 5.13. The van der Waals surface area contributed by atoms with Gasteiger partial charge in [0.15, 0.2) is 4.96 Å². The van der Waals surface area contributed by atoms with Gasteiger partial charge in [0, 0.05) is 22.5 Å². The molecule has 3 aromatic heterocycles. The van der Waals surface area contributed by atoms with Gasteiger partial charge in [0.2, 0.25) is 0 Å². The van der Waals surface area contributed by atoms with Gasteiger partial charge in [0.25, 0.3) is 0 Å². The number of imidazole rings is 1.